The maximum atomic E-state index is 12.2. The van der Waals surface area contributed by atoms with Gasteiger partial charge in [0, 0.05) is 30.9 Å². The number of nitrogens with zero attached hydrogens (tertiary/aromatic N) is 1. The molecular formula is C16H32N2O4S. The Morgan fingerprint density at radius 3 is 2.61 bits per heavy atom. The van der Waals surface area contributed by atoms with Crippen molar-refractivity contribution in [2.75, 3.05) is 24.6 Å². The molecule has 1 heterocycles. The number of carbonyl (C=O) groups is 1. The van der Waals surface area contributed by atoms with E-state index < -0.39 is 15.4 Å². The van der Waals surface area contributed by atoms with Crippen LogP contribution in [0.5, 0.6) is 0 Å². The maximum absolute atomic E-state index is 12.2. The van der Waals surface area contributed by atoms with Gasteiger partial charge in [0.05, 0.1) is 5.75 Å². The second kappa shape index (κ2) is 8.33. The second-order valence-electron chi connectivity index (χ2n) is 7.30. The number of rotatable bonds is 7. The Balaban J connectivity index is 2.44. The van der Waals surface area contributed by atoms with Crippen molar-refractivity contribution >= 4 is 15.9 Å². The molecule has 1 rings (SSSR count). The number of hydrogen-bond donors (Lipinski definition) is 1. The first-order valence-corrected chi connectivity index (χ1v) is 10.3. The summed E-state index contributed by atoms with van der Waals surface area (Å²) in [5.74, 6) is 0.340. The smallest absolute Gasteiger partial charge is 0.410 e. The SMILES string of the molecule is CCS(=O)(=O)CCNC(C)CC1CCCN1C(=O)OC(C)(C)C. The van der Waals surface area contributed by atoms with Crippen molar-refractivity contribution in [1.29, 1.82) is 0 Å². The van der Waals surface area contributed by atoms with Crippen molar-refractivity contribution in [2.24, 2.45) is 0 Å². The van der Waals surface area contributed by atoms with Gasteiger partial charge in [0.15, 0.2) is 9.84 Å². The van der Waals surface area contributed by atoms with Crippen LogP contribution in [0.1, 0.15) is 53.9 Å². The van der Waals surface area contributed by atoms with Gasteiger partial charge in [-0.05, 0) is 47.0 Å². The van der Waals surface area contributed by atoms with Crippen LogP contribution in [0.15, 0.2) is 0 Å². The van der Waals surface area contributed by atoms with Crippen LogP contribution in [0.25, 0.3) is 0 Å². The molecule has 0 bridgehead atoms. The Morgan fingerprint density at radius 1 is 1.39 bits per heavy atom. The van der Waals surface area contributed by atoms with Crippen LogP contribution in [-0.4, -0.2) is 61.7 Å². The molecule has 136 valence electrons. The minimum Gasteiger partial charge on any atom is -0.444 e. The van der Waals surface area contributed by atoms with Crippen LogP contribution >= 0.6 is 0 Å². The molecule has 1 N–H and O–H groups in total. The number of likely N-dealkylation sites (tertiary alicyclic amines) is 1. The van der Waals surface area contributed by atoms with E-state index in [0.29, 0.717) is 6.54 Å². The monoisotopic (exact) mass is 348 g/mol. The summed E-state index contributed by atoms with van der Waals surface area (Å²) >= 11 is 0. The molecule has 0 aliphatic carbocycles. The van der Waals surface area contributed by atoms with E-state index in [1.807, 2.05) is 32.6 Å². The molecule has 0 spiro atoms. The Kier molecular flexibility index (Phi) is 7.32. The van der Waals surface area contributed by atoms with E-state index >= 15 is 0 Å². The van der Waals surface area contributed by atoms with E-state index in [0.717, 1.165) is 25.8 Å². The standard InChI is InChI=1S/C16H32N2O4S/c1-6-23(20,21)11-9-17-13(2)12-14-8-7-10-18(14)15(19)22-16(3,4)5/h13-14,17H,6-12H2,1-5H3. The lowest BCUT2D eigenvalue weighted by Crippen LogP contribution is -2.43. The van der Waals surface area contributed by atoms with E-state index in [1.165, 1.54) is 0 Å². The highest BCUT2D eigenvalue weighted by atomic mass is 32.2. The van der Waals surface area contributed by atoms with Crippen LogP contribution in [-0.2, 0) is 14.6 Å². The molecule has 0 saturated carbocycles. The molecule has 0 aromatic rings. The zero-order valence-electron chi connectivity index (χ0n) is 15.1. The van der Waals surface area contributed by atoms with Crippen molar-refractivity contribution in [2.45, 2.75) is 71.6 Å². The summed E-state index contributed by atoms with van der Waals surface area (Å²) in [6.07, 6.45) is 2.52. The van der Waals surface area contributed by atoms with Crippen molar-refractivity contribution in [3.05, 3.63) is 0 Å². The fraction of sp³-hybridized carbons (Fsp3) is 0.938. The quantitative estimate of drug-likeness (QED) is 0.763. The molecule has 0 radical (unpaired) electrons. The first kappa shape index (κ1) is 20.2. The summed E-state index contributed by atoms with van der Waals surface area (Å²) < 4.78 is 28.4. The number of carbonyl (C=O) groups excluding carboxylic acids is 1. The van der Waals surface area contributed by atoms with Gasteiger partial charge >= 0.3 is 6.09 Å². The van der Waals surface area contributed by atoms with Crippen LogP contribution < -0.4 is 5.32 Å². The molecule has 1 aliphatic rings. The molecule has 7 heteroatoms. The highest BCUT2D eigenvalue weighted by molar-refractivity contribution is 7.91. The Hall–Kier alpha value is -0.820. The fourth-order valence-electron chi connectivity index (χ4n) is 2.74. The van der Waals surface area contributed by atoms with Gasteiger partial charge in [-0.1, -0.05) is 6.92 Å². The van der Waals surface area contributed by atoms with Crippen LogP contribution in [0.2, 0.25) is 0 Å². The predicted octanol–water partition coefficient (Wildman–Crippen LogP) is 2.19. The van der Waals surface area contributed by atoms with Gasteiger partial charge in [-0.25, -0.2) is 13.2 Å². The Bertz CT molecular complexity index is 485. The minimum absolute atomic E-state index is 0.161. The van der Waals surface area contributed by atoms with Crippen molar-refractivity contribution in [3.8, 4) is 0 Å². The average molecular weight is 349 g/mol. The summed E-state index contributed by atoms with van der Waals surface area (Å²) in [6.45, 7) is 10.5. The average Bonchev–Trinajstić information content (AvgIpc) is 2.84. The lowest BCUT2D eigenvalue weighted by atomic mass is 10.1. The number of sulfone groups is 1. The van der Waals surface area contributed by atoms with Gasteiger partial charge in [0.25, 0.3) is 0 Å². The number of amides is 1. The third-order valence-electron chi connectivity index (χ3n) is 3.98. The highest BCUT2D eigenvalue weighted by Gasteiger charge is 2.32. The normalized spacial score (nSPS) is 20.6. The molecule has 0 aromatic heterocycles. The van der Waals surface area contributed by atoms with Crippen LogP contribution in [0.3, 0.4) is 0 Å². The van der Waals surface area contributed by atoms with Gasteiger partial charge in [-0.3, -0.25) is 0 Å². The fourth-order valence-corrected chi connectivity index (χ4v) is 3.46. The molecule has 0 aromatic carbocycles. The van der Waals surface area contributed by atoms with Gasteiger partial charge in [-0.2, -0.15) is 0 Å². The van der Waals surface area contributed by atoms with Crippen molar-refractivity contribution < 1.29 is 17.9 Å². The molecular weight excluding hydrogens is 316 g/mol. The first-order valence-electron chi connectivity index (χ1n) is 8.47. The summed E-state index contributed by atoms with van der Waals surface area (Å²) in [6, 6.07) is 0.324. The van der Waals surface area contributed by atoms with E-state index in [2.05, 4.69) is 5.32 Å². The highest BCUT2D eigenvalue weighted by Crippen LogP contribution is 2.24. The lowest BCUT2D eigenvalue weighted by molar-refractivity contribution is 0.0215. The molecule has 1 saturated heterocycles. The minimum atomic E-state index is -2.93. The molecule has 23 heavy (non-hydrogen) atoms. The van der Waals surface area contributed by atoms with Crippen molar-refractivity contribution in [1.82, 2.24) is 10.2 Å². The van der Waals surface area contributed by atoms with Crippen molar-refractivity contribution in [3.63, 3.8) is 0 Å². The van der Waals surface area contributed by atoms with Crippen LogP contribution in [0.4, 0.5) is 4.79 Å². The summed E-state index contributed by atoms with van der Waals surface area (Å²) in [7, 11) is -2.93. The van der Waals surface area contributed by atoms with E-state index in [1.54, 1.807) is 6.92 Å². The molecule has 6 nitrogen and oxygen atoms in total. The number of nitrogens with one attached hydrogen (secondary N) is 1. The molecule has 1 aliphatic heterocycles. The maximum Gasteiger partial charge on any atom is 0.410 e. The Morgan fingerprint density at radius 2 is 2.04 bits per heavy atom. The molecule has 2 unspecified atom stereocenters. The predicted molar refractivity (Wildman–Crippen MR) is 92.4 cm³/mol. The van der Waals surface area contributed by atoms with Crippen LogP contribution in [0, 0.1) is 0 Å². The largest absolute Gasteiger partial charge is 0.444 e. The van der Waals surface area contributed by atoms with Gasteiger partial charge in [-0.15, -0.1) is 0 Å². The van der Waals surface area contributed by atoms with E-state index in [9.17, 15) is 13.2 Å². The summed E-state index contributed by atoms with van der Waals surface area (Å²) in [4.78, 5) is 14.1. The first-order chi connectivity index (χ1) is 10.5. The summed E-state index contributed by atoms with van der Waals surface area (Å²) in [5.41, 5.74) is -0.484. The van der Waals surface area contributed by atoms with Gasteiger partial charge in [0.2, 0.25) is 0 Å². The topological polar surface area (TPSA) is 75.7 Å². The van der Waals surface area contributed by atoms with Gasteiger partial charge < -0.3 is 15.0 Å². The zero-order valence-corrected chi connectivity index (χ0v) is 15.9. The Labute approximate surface area is 140 Å². The second-order valence-corrected chi connectivity index (χ2v) is 9.77. The third kappa shape index (κ3) is 7.52. The molecule has 2 atom stereocenters. The molecule has 1 fully saturated rings. The third-order valence-corrected chi connectivity index (χ3v) is 5.68. The lowest BCUT2D eigenvalue weighted by Gasteiger charge is -2.30. The van der Waals surface area contributed by atoms with E-state index in [-0.39, 0.29) is 29.7 Å². The number of hydrogen-bond acceptors (Lipinski definition) is 5. The zero-order chi connectivity index (χ0) is 17.7. The molecule has 1 amide bonds. The van der Waals surface area contributed by atoms with Gasteiger partial charge in [0.1, 0.15) is 5.60 Å². The summed E-state index contributed by atoms with van der Waals surface area (Å²) in [5, 5.41) is 3.25. The van der Waals surface area contributed by atoms with E-state index in [4.69, 9.17) is 4.74 Å². The number of ether oxygens (including phenoxy) is 1.